The van der Waals surface area contributed by atoms with Gasteiger partial charge in [0.1, 0.15) is 0 Å². The molecule has 5 N–H and O–H groups in total. The van der Waals surface area contributed by atoms with Gasteiger partial charge in [0.25, 0.3) is 5.91 Å². The summed E-state index contributed by atoms with van der Waals surface area (Å²) < 4.78 is 15.9. The summed E-state index contributed by atoms with van der Waals surface area (Å²) in [6.45, 7) is 23.6. The van der Waals surface area contributed by atoms with Gasteiger partial charge < -0.3 is 26.0 Å². The van der Waals surface area contributed by atoms with Crippen LogP contribution in [0.1, 0.15) is 124 Å². The Morgan fingerprint density at radius 3 is 2.40 bits per heavy atom. The quantitative estimate of drug-likeness (QED) is 0.227. The number of aliphatic carboxylic acids is 1. The number of halogens is 1. The zero-order chi connectivity index (χ0) is 37.0. The van der Waals surface area contributed by atoms with Gasteiger partial charge in [-0.1, -0.05) is 74.0 Å². The van der Waals surface area contributed by atoms with Crippen molar-refractivity contribution in [3.05, 3.63) is 22.2 Å². The highest BCUT2D eigenvalue weighted by Gasteiger charge is 2.73. The summed E-state index contributed by atoms with van der Waals surface area (Å²) in [6, 6.07) is -0.349. The van der Waals surface area contributed by atoms with Gasteiger partial charge in [0.2, 0.25) is 10.6 Å². The Bertz CT molecular complexity index is 1560. The minimum atomic E-state index is -0.670. The minimum absolute atomic E-state index is 0.104. The van der Waals surface area contributed by atoms with Crippen LogP contribution in [0.4, 0.5) is 0 Å². The van der Waals surface area contributed by atoms with Crippen molar-refractivity contribution in [2.75, 3.05) is 19.8 Å². The van der Waals surface area contributed by atoms with Crippen molar-refractivity contribution in [3.8, 4) is 0 Å². The number of nitrogens with two attached hydrogens (primary N) is 2. The van der Waals surface area contributed by atoms with Crippen molar-refractivity contribution in [3.63, 3.8) is 0 Å². The number of hydrogen-bond acceptors (Lipinski definition) is 7. The zero-order valence-corrected chi connectivity index (χ0v) is 33.6. The van der Waals surface area contributed by atoms with E-state index in [0.29, 0.717) is 43.3 Å². The van der Waals surface area contributed by atoms with Crippen LogP contribution in [0.15, 0.2) is 16.4 Å². The molecule has 1 aliphatic heterocycles. The molecular formula is C39H62BrN5O5. The first kappa shape index (κ1) is 37.9. The summed E-state index contributed by atoms with van der Waals surface area (Å²) in [4.78, 5) is 30.8. The molecule has 1 saturated heterocycles. The number of fused-ring (bicyclic) bond motifs is 3. The first-order valence-corrected chi connectivity index (χ1v) is 19.7. The van der Waals surface area contributed by atoms with E-state index in [1.807, 2.05) is 6.92 Å². The average Bonchev–Trinajstić information content (AvgIpc) is 3.41. The van der Waals surface area contributed by atoms with Crippen LogP contribution in [-0.4, -0.2) is 63.2 Å². The fourth-order valence-electron chi connectivity index (χ4n) is 12.2. The van der Waals surface area contributed by atoms with Crippen molar-refractivity contribution in [2.24, 2.45) is 74.0 Å². The number of rotatable bonds is 9. The molecule has 2 heterocycles. The summed E-state index contributed by atoms with van der Waals surface area (Å²) >= 11 is 3.43. The fourth-order valence-corrected chi connectivity index (χ4v) is 12.6. The first-order chi connectivity index (χ1) is 23.1. The Morgan fingerprint density at radius 1 is 1.12 bits per heavy atom. The maximum Gasteiger partial charge on any atom is 0.307 e. The summed E-state index contributed by atoms with van der Waals surface area (Å²) in [5.41, 5.74) is 11.8. The molecule has 6 rings (SSSR count). The van der Waals surface area contributed by atoms with Crippen LogP contribution in [0.25, 0.3) is 0 Å². The molecule has 0 spiro atoms. The maximum atomic E-state index is 13.5. The third-order valence-electron chi connectivity index (χ3n) is 16.0. The lowest BCUT2D eigenvalue weighted by Crippen LogP contribution is -2.70. The fraction of sp³-hybridized carbons (Fsp3) is 0.846. The van der Waals surface area contributed by atoms with Gasteiger partial charge in [0.05, 0.1) is 37.9 Å². The predicted molar refractivity (Wildman–Crippen MR) is 196 cm³/mol. The van der Waals surface area contributed by atoms with E-state index in [1.165, 1.54) is 5.57 Å². The number of carbonyl (C=O) groups is 2. The van der Waals surface area contributed by atoms with Gasteiger partial charge in [0.15, 0.2) is 0 Å². The Balaban J connectivity index is 1.55. The largest absolute Gasteiger partial charge is 0.481 e. The predicted octanol–water partition coefficient (Wildman–Crippen LogP) is 7.03. The number of carbonyl (C=O) groups excluding carboxylic acids is 1. The molecule has 280 valence electrons. The lowest BCUT2D eigenvalue weighted by atomic mass is 9.34. The van der Waals surface area contributed by atoms with E-state index in [4.69, 9.17) is 26.0 Å². The number of hydrogen-bond donors (Lipinski definition) is 3. The number of amides is 1. The number of nitrogens with zero attached hydrogens (tertiary/aromatic N) is 3. The molecular weight excluding hydrogens is 698 g/mol. The molecule has 4 fully saturated rings. The number of carboxylic acid groups (broad SMARTS) is 1. The van der Waals surface area contributed by atoms with Crippen LogP contribution in [0.2, 0.25) is 0 Å². The molecule has 0 unspecified atom stereocenters. The van der Waals surface area contributed by atoms with Crippen molar-refractivity contribution in [1.29, 1.82) is 0 Å². The number of ether oxygens (including phenoxy) is 2. The topological polar surface area (TPSA) is 156 Å². The second-order valence-corrected chi connectivity index (χ2v) is 19.8. The zero-order valence-electron chi connectivity index (χ0n) is 32.0. The highest BCUT2D eigenvalue weighted by molar-refractivity contribution is 9.10. The van der Waals surface area contributed by atoms with E-state index in [1.54, 1.807) is 4.68 Å². The van der Waals surface area contributed by atoms with E-state index in [0.717, 1.165) is 25.7 Å². The maximum absolute atomic E-state index is 13.5. The summed E-state index contributed by atoms with van der Waals surface area (Å²) in [7, 11) is 0. The molecule has 2 bridgehead atoms. The molecule has 11 heteroatoms. The van der Waals surface area contributed by atoms with E-state index in [2.05, 4.69) is 89.3 Å². The van der Waals surface area contributed by atoms with Crippen molar-refractivity contribution in [1.82, 2.24) is 14.8 Å². The third kappa shape index (κ3) is 5.24. The second kappa shape index (κ2) is 12.4. The molecule has 0 radical (unpaired) electrons. The van der Waals surface area contributed by atoms with Gasteiger partial charge in [-0.05, 0) is 113 Å². The molecule has 3 saturated carbocycles. The Labute approximate surface area is 307 Å². The van der Waals surface area contributed by atoms with Crippen LogP contribution >= 0.6 is 15.9 Å². The van der Waals surface area contributed by atoms with Crippen LogP contribution in [0, 0.1) is 62.6 Å². The van der Waals surface area contributed by atoms with Crippen LogP contribution in [0.3, 0.4) is 0 Å². The molecule has 1 amide bonds. The van der Waals surface area contributed by atoms with Gasteiger partial charge in [-0.15, -0.1) is 5.10 Å². The smallest absolute Gasteiger partial charge is 0.307 e. The van der Waals surface area contributed by atoms with Gasteiger partial charge in [0, 0.05) is 11.0 Å². The van der Waals surface area contributed by atoms with E-state index < -0.39 is 40.3 Å². The standard InChI is InChI=1S/C39H62BrN5O5/c1-21(2)23(5)35(7)15-16-36(8)24-11-12-27-34(6)17-26(45-31(30(41)46)43-33(40)44-45)29(50-19-38(10,42)22(3)4)39(27,20-49-18-34)25(24)13-14-37(36,9)28(35)32(47)48/h13,21-24,26-29H,11-12,14-20,42H2,1-10H3,(H2,41,46)(H,47,48)/t23-,24+,26-,27-,28-,29+,34-,35-,36-,37+,38+,39+/m1/s1. The monoisotopic (exact) mass is 759 g/mol. The van der Waals surface area contributed by atoms with Crippen LogP contribution in [0.5, 0.6) is 0 Å². The summed E-state index contributed by atoms with van der Waals surface area (Å²) in [5, 5.41) is 15.9. The molecule has 4 aliphatic carbocycles. The normalized spacial score (nSPS) is 42.9. The van der Waals surface area contributed by atoms with E-state index >= 15 is 0 Å². The molecule has 1 aromatic heterocycles. The molecule has 1 aromatic rings. The van der Waals surface area contributed by atoms with Gasteiger partial charge in [-0.3, -0.25) is 9.59 Å². The SMILES string of the molecule is CC(C)[C@@H](C)[C@@]1(C)CC[C@]2(C)[C@H]3CC[C@@H]4[C@@]5(C)COC[C@@]4(C3=CC[C@@]2(C)[C@@H]1C(=O)O)[C@@H](OC[C@](C)(N)C(C)C)[C@H](n1nc(Br)nc1C(N)=O)C5. The minimum Gasteiger partial charge on any atom is -0.481 e. The summed E-state index contributed by atoms with van der Waals surface area (Å²) in [6.07, 6.45) is 7.19. The van der Waals surface area contributed by atoms with Crippen molar-refractivity contribution < 1.29 is 24.2 Å². The van der Waals surface area contributed by atoms with Crippen LogP contribution in [-0.2, 0) is 14.3 Å². The lowest BCUT2D eigenvalue weighted by molar-refractivity contribution is -0.254. The number of allylic oxidation sites excluding steroid dienone is 1. The Hall–Kier alpha value is -1.82. The first-order valence-electron chi connectivity index (χ1n) is 18.9. The highest BCUT2D eigenvalue weighted by atomic mass is 79.9. The van der Waals surface area contributed by atoms with E-state index in [-0.39, 0.29) is 51.8 Å². The molecule has 5 aliphatic rings. The number of aromatic nitrogens is 3. The van der Waals surface area contributed by atoms with Gasteiger partial charge in [-0.25, -0.2) is 4.68 Å². The lowest BCUT2D eigenvalue weighted by Gasteiger charge is -2.71. The van der Waals surface area contributed by atoms with E-state index in [9.17, 15) is 14.7 Å². The van der Waals surface area contributed by atoms with Gasteiger partial charge in [-0.2, -0.15) is 4.98 Å². The molecule has 0 aromatic carbocycles. The molecule has 10 nitrogen and oxygen atoms in total. The Morgan fingerprint density at radius 2 is 1.80 bits per heavy atom. The van der Waals surface area contributed by atoms with Crippen molar-refractivity contribution >= 4 is 27.8 Å². The summed E-state index contributed by atoms with van der Waals surface area (Å²) in [5.74, 6) is -0.453. The average molecular weight is 761 g/mol. The second-order valence-electron chi connectivity index (χ2n) is 19.1. The third-order valence-corrected chi connectivity index (χ3v) is 16.4. The molecule has 50 heavy (non-hydrogen) atoms. The number of primary amides is 1. The Kier molecular flexibility index (Phi) is 9.38. The molecule has 12 atom stereocenters. The van der Waals surface area contributed by atoms with Gasteiger partial charge >= 0.3 is 5.97 Å². The van der Waals surface area contributed by atoms with Crippen LogP contribution < -0.4 is 11.5 Å². The number of carboxylic acids is 1. The van der Waals surface area contributed by atoms with Crippen molar-refractivity contribution in [2.45, 2.75) is 125 Å². The highest BCUT2D eigenvalue weighted by Crippen LogP contribution is 2.75.